The van der Waals surface area contributed by atoms with Gasteiger partial charge in [0.2, 0.25) is 0 Å². The molecule has 24 heavy (non-hydrogen) atoms. The Balaban J connectivity index is 0.000000143. The lowest BCUT2D eigenvalue weighted by Gasteiger charge is -2.26. The number of nitrogens with zero attached hydrogens (tertiary/aromatic N) is 1. The third-order valence-corrected chi connectivity index (χ3v) is 6.09. The van der Waals surface area contributed by atoms with E-state index in [2.05, 4.69) is 14.5 Å². The zero-order valence-electron chi connectivity index (χ0n) is 12.3. The summed E-state index contributed by atoms with van der Waals surface area (Å²) >= 11 is 0. The number of carbonyl (C=O) groups is 2. The van der Waals surface area contributed by atoms with Crippen LogP contribution >= 0.6 is 26.6 Å². The third kappa shape index (κ3) is 4.55. The average Bonchev–Trinajstić information content (AvgIpc) is 2.92. The van der Waals surface area contributed by atoms with Crippen molar-refractivity contribution in [3.05, 3.63) is 65.7 Å². The van der Waals surface area contributed by atoms with E-state index in [9.17, 15) is 9.59 Å². The number of benzene rings is 2. The fourth-order valence-electron chi connectivity index (χ4n) is 1.88. The number of fused-ring (bicyclic) bond motifs is 1. The minimum absolute atomic E-state index is 0.359. The molecule has 0 aliphatic carbocycles. The van der Waals surface area contributed by atoms with E-state index >= 15 is 0 Å². The molecule has 0 amide bonds. The molecule has 0 spiro atoms. The molecular formula is C14H14N3O4P3. The number of nitrogens with one attached hydrogen (secondary N) is 2. The molecular weight excluding hydrogens is 367 g/mol. The van der Waals surface area contributed by atoms with Crippen molar-refractivity contribution in [1.82, 2.24) is 14.3 Å². The Bertz CT molecular complexity index is 693. The zero-order chi connectivity index (χ0) is 16.8. The summed E-state index contributed by atoms with van der Waals surface area (Å²) in [6.45, 7) is 0. The highest BCUT2D eigenvalue weighted by molar-refractivity contribution is 7.65. The quantitative estimate of drug-likeness (QED) is 0.470. The van der Waals surface area contributed by atoms with Gasteiger partial charge < -0.3 is 9.57 Å². The fourth-order valence-corrected chi connectivity index (χ4v) is 5.49. The van der Waals surface area contributed by atoms with E-state index in [0.717, 1.165) is 5.75 Å². The lowest BCUT2D eigenvalue weighted by Crippen LogP contribution is -2.19. The average molecular weight is 381 g/mol. The molecule has 4 rings (SSSR count). The summed E-state index contributed by atoms with van der Waals surface area (Å²) in [6.07, 6.45) is 0. The maximum atomic E-state index is 10.8. The maximum absolute atomic E-state index is 10.8. The molecule has 2 heterocycles. The van der Waals surface area contributed by atoms with E-state index in [1.54, 1.807) is 24.3 Å². The molecule has 2 aromatic rings. The highest BCUT2D eigenvalue weighted by atomic mass is 31.2. The van der Waals surface area contributed by atoms with Gasteiger partial charge in [-0.05, 0) is 24.3 Å². The minimum Gasteiger partial charge on any atom is -0.397 e. The minimum atomic E-state index is -0.550. The molecule has 2 aliphatic rings. The van der Waals surface area contributed by atoms with Gasteiger partial charge in [0.05, 0.1) is 28.9 Å². The highest BCUT2D eigenvalue weighted by Gasteiger charge is 2.28. The normalized spacial score (nSPS) is 19.7. The Kier molecular flexibility index (Phi) is 6.22. The van der Waals surface area contributed by atoms with Crippen LogP contribution in [0.25, 0.3) is 0 Å². The van der Waals surface area contributed by atoms with E-state index in [4.69, 9.17) is 4.84 Å². The number of carbonyl (C=O) groups excluding carboxylic acids is 2. The van der Waals surface area contributed by atoms with Crippen LogP contribution in [0.2, 0.25) is 0 Å². The molecule has 7 nitrogen and oxygen atoms in total. The van der Waals surface area contributed by atoms with Gasteiger partial charge in [0.25, 0.3) is 0 Å². The standard InChI is InChI=1S/C8H4O3.C6H10N3OP3/c9-7-5-3-1-2-4-6(5)8(10)11-7;1-2-4-6(5-3-1)10-9-12-7-11-8-13-9/h1-4H;1-5,7-8,11-13H. The Hall–Kier alpha value is -1.45. The van der Waals surface area contributed by atoms with Crippen LogP contribution in [0.3, 0.4) is 0 Å². The number of esters is 2. The van der Waals surface area contributed by atoms with Crippen molar-refractivity contribution in [1.29, 1.82) is 0 Å². The zero-order valence-corrected chi connectivity index (χ0v) is 15.3. The van der Waals surface area contributed by atoms with Crippen molar-refractivity contribution < 1.29 is 19.2 Å². The summed E-state index contributed by atoms with van der Waals surface area (Å²) in [5.74, 6) is -0.215. The first-order chi connectivity index (χ1) is 11.7. The second-order valence-electron chi connectivity index (χ2n) is 4.52. The molecule has 0 aromatic heterocycles. The molecule has 0 bridgehead atoms. The Morgan fingerprint density at radius 3 is 1.96 bits per heavy atom. The molecule has 2 atom stereocenters. The number of para-hydroxylation sites is 1. The van der Waals surface area contributed by atoms with Crippen molar-refractivity contribution in [2.45, 2.75) is 0 Å². The monoisotopic (exact) mass is 381 g/mol. The third-order valence-electron chi connectivity index (χ3n) is 2.93. The summed E-state index contributed by atoms with van der Waals surface area (Å²) in [4.78, 5) is 33.7. The van der Waals surface area contributed by atoms with Crippen molar-refractivity contribution in [2.24, 2.45) is 0 Å². The van der Waals surface area contributed by atoms with Crippen LogP contribution in [-0.4, -0.2) is 16.5 Å². The van der Waals surface area contributed by atoms with Gasteiger partial charge in [0.1, 0.15) is 5.75 Å². The van der Waals surface area contributed by atoms with Gasteiger partial charge >= 0.3 is 11.9 Å². The Morgan fingerprint density at radius 1 is 0.833 bits per heavy atom. The van der Waals surface area contributed by atoms with Crippen LogP contribution in [-0.2, 0) is 4.74 Å². The predicted octanol–water partition coefficient (Wildman–Crippen LogP) is 3.00. The number of hydrogen-bond acceptors (Lipinski definition) is 7. The van der Waals surface area contributed by atoms with E-state index in [1.165, 1.54) is 0 Å². The van der Waals surface area contributed by atoms with Gasteiger partial charge in [-0.1, -0.05) is 34.9 Å². The summed E-state index contributed by atoms with van der Waals surface area (Å²) in [6, 6.07) is 16.3. The first kappa shape index (κ1) is 17.4. The van der Waals surface area contributed by atoms with Crippen LogP contribution in [0.4, 0.5) is 0 Å². The SMILES string of the molecule is O=C1OC(=O)c2ccccc21.c1ccc(ON2PNPNP2)cc1. The fraction of sp³-hybridized carbons (Fsp3) is 0. The van der Waals surface area contributed by atoms with Crippen LogP contribution in [0.1, 0.15) is 20.7 Å². The van der Waals surface area contributed by atoms with Crippen LogP contribution in [0, 0.1) is 0 Å². The second-order valence-corrected chi connectivity index (χ2v) is 8.48. The van der Waals surface area contributed by atoms with Gasteiger partial charge in [0, 0.05) is 8.88 Å². The topological polar surface area (TPSA) is 79.9 Å². The highest BCUT2D eigenvalue weighted by Crippen LogP contribution is 2.37. The largest absolute Gasteiger partial charge is 0.397 e. The molecule has 124 valence electrons. The van der Waals surface area contributed by atoms with E-state index in [-0.39, 0.29) is 0 Å². The Morgan fingerprint density at radius 2 is 1.38 bits per heavy atom. The number of cyclic esters (lactones) is 2. The first-order valence-electron chi connectivity index (χ1n) is 6.89. The van der Waals surface area contributed by atoms with Crippen LogP contribution in [0.15, 0.2) is 54.6 Å². The molecule has 1 saturated heterocycles. The maximum Gasteiger partial charge on any atom is 0.346 e. The summed E-state index contributed by atoms with van der Waals surface area (Å²) in [7, 11) is 1.73. The molecule has 10 heteroatoms. The number of rotatable bonds is 2. The predicted molar refractivity (Wildman–Crippen MR) is 96.3 cm³/mol. The van der Waals surface area contributed by atoms with Crippen LogP contribution in [0.5, 0.6) is 5.75 Å². The summed E-state index contributed by atoms with van der Waals surface area (Å²) in [5.41, 5.74) is 0.718. The molecule has 0 saturated carbocycles. The van der Waals surface area contributed by atoms with Gasteiger partial charge in [-0.15, -0.1) is 0 Å². The van der Waals surface area contributed by atoms with E-state index < -0.39 is 11.9 Å². The number of hydrogen-bond donors (Lipinski definition) is 2. The molecule has 1 fully saturated rings. The van der Waals surface area contributed by atoms with Gasteiger partial charge in [-0.3, -0.25) is 9.72 Å². The van der Waals surface area contributed by atoms with Gasteiger partial charge in [0.15, 0.2) is 0 Å². The number of ether oxygens (including phenoxy) is 1. The lowest BCUT2D eigenvalue weighted by molar-refractivity contribution is 0.0444. The molecule has 2 N–H and O–H groups in total. The lowest BCUT2D eigenvalue weighted by atomic mass is 10.1. The Labute approximate surface area is 144 Å². The van der Waals surface area contributed by atoms with Crippen LogP contribution < -0.4 is 14.6 Å². The van der Waals surface area contributed by atoms with Crippen molar-refractivity contribution in [2.75, 3.05) is 0 Å². The van der Waals surface area contributed by atoms with Crippen molar-refractivity contribution in [3.8, 4) is 5.75 Å². The van der Waals surface area contributed by atoms with Gasteiger partial charge in [-0.2, -0.15) is 0 Å². The molecule has 2 unspecified atom stereocenters. The van der Waals surface area contributed by atoms with Crippen molar-refractivity contribution >= 4 is 38.6 Å². The molecule has 0 radical (unpaired) electrons. The van der Waals surface area contributed by atoms with E-state index in [1.807, 2.05) is 34.9 Å². The first-order valence-corrected chi connectivity index (χ1v) is 9.78. The second kappa shape index (κ2) is 8.59. The van der Waals surface area contributed by atoms with Gasteiger partial charge in [-0.25, -0.2) is 9.59 Å². The smallest absolute Gasteiger partial charge is 0.346 e. The summed E-state index contributed by atoms with van der Waals surface area (Å²) < 4.78 is 6.25. The van der Waals surface area contributed by atoms with Crippen molar-refractivity contribution in [3.63, 3.8) is 0 Å². The summed E-state index contributed by atoms with van der Waals surface area (Å²) in [5, 5.41) is 0. The molecule has 2 aromatic carbocycles. The van der Waals surface area contributed by atoms with E-state index in [0.29, 0.717) is 37.8 Å². The molecule has 2 aliphatic heterocycles.